The normalized spacial score (nSPS) is 33.5. The van der Waals surface area contributed by atoms with E-state index in [9.17, 15) is 4.57 Å². The summed E-state index contributed by atoms with van der Waals surface area (Å²) >= 11 is 0. The van der Waals surface area contributed by atoms with Crippen LogP contribution in [0.2, 0.25) is 0 Å². The summed E-state index contributed by atoms with van der Waals surface area (Å²) in [7, 11) is -1.83. The van der Waals surface area contributed by atoms with Crippen molar-refractivity contribution in [3.63, 3.8) is 0 Å². The third-order valence-electron chi connectivity index (χ3n) is 2.31. The maximum absolute atomic E-state index is 11.7. The molecule has 0 saturated heterocycles. The number of hydrogen-bond donors (Lipinski definition) is 0. The minimum Gasteiger partial charge on any atom is -0.319 e. The van der Waals surface area contributed by atoms with Crippen molar-refractivity contribution in [1.29, 1.82) is 0 Å². The van der Waals surface area contributed by atoms with Crippen LogP contribution in [-0.4, -0.2) is 12.8 Å². The smallest absolute Gasteiger partial charge is 0.109 e. The highest BCUT2D eigenvalue weighted by Gasteiger charge is 2.27. The van der Waals surface area contributed by atoms with Crippen LogP contribution in [0.25, 0.3) is 0 Å². The van der Waals surface area contributed by atoms with Gasteiger partial charge in [0.1, 0.15) is 7.14 Å². The van der Waals surface area contributed by atoms with Crippen LogP contribution in [-0.2, 0) is 4.57 Å². The molecular formula is C8H15OP. The van der Waals surface area contributed by atoms with Gasteiger partial charge in [0.2, 0.25) is 0 Å². The fourth-order valence-electron chi connectivity index (χ4n) is 1.70. The molecule has 0 N–H and O–H groups in total. The third-order valence-corrected chi connectivity index (χ3v) is 5.23. The Kier molecular flexibility index (Phi) is 2.05. The Balaban J connectivity index is 2.98. The summed E-state index contributed by atoms with van der Waals surface area (Å²) in [4.78, 5) is 0. The summed E-state index contributed by atoms with van der Waals surface area (Å²) in [6, 6.07) is 0. The van der Waals surface area contributed by atoms with E-state index in [1.165, 1.54) is 10.9 Å². The average molecular weight is 158 g/mol. The SMILES string of the molecule is CCC1=C(C)CCP1(C)=O. The Morgan fingerprint density at radius 1 is 1.60 bits per heavy atom. The Bertz CT molecular complexity index is 215. The van der Waals surface area contributed by atoms with E-state index in [-0.39, 0.29) is 0 Å². The molecule has 0 bridgehead atoms. The van der Waals surface area contributed by atoms with Crippen LogP contribution in [0.3, 0.4) is 0 Å². The molecule has 0 amide bonds. The van der Waals surface area contributed by atoms with Gasteiger partial charge in [-0.2, -0.15) is 0 Å². The molecule has 0 aliphatic carbocycles. The molecule has 10 heavy (non-hydrogen) atoms. The lowest BCUT2D eigenvalue weighted by atomic mass is 10.2. The van der Waals surface area contributed by atoms with Crippen LogP contribution in [0.5, 0.6) is 0 Å². The molecule has 1 aliphatic heterocycles. The van der Waals surface area contributed by atoms with Crippen molar-refractivity contribution in [3.8, 4) is 0 Å². The van der Waals surface area contributed by atoms with Crippen LogP contribution >= 0.6 is 7.14 Å². The highest BCUT2D eigenvalue weighted by molar-refractivity contribution is 7.67. The standard InChI is InChI=1S/C8H15OP/c1-4-8-7(2)5-6-10(8,3)9/h4-6H2,1-3H3. The predicted molar refractivity (Wildman–Crippen MR) is 46.0 cm³/mol. The van der Waals surface area contributed by atoms with Crippen LogP contribution in [0.15, 0.2) is 10.9 Å². The molecule has 2 heteroatoms. The van der Waals surface area contributed by atoms with E-state index in [1.807, 2.05) is 6.66 Å². The van der Waals surface area contributed by atoms with Gasteiger partial charge in [0.05, 0.1) is 0 Å². The van der Waals surface area contributed by atoms with Gasteiger partial charge in [-0.15, -0.1) is 0 Å². The first kappa shape index (κ1) is 8.07. The van der Waals surface area contributed by atoms with E-state index in [2.05, 4.69) is 13.8 Å². The first-order chi connectivity index (χ1) is 4.58. The predicted octanol–water partition coefficient (Wildman–Crippen LogP) is 3.07. The minimum atomic E-state index is -1.83. The quantitative estimate of drug-likeness (QED) is 0.536. The van der Waals surface area contributed by atoms with Gasteiger partial charge in [-0.1, -0.05) is 12.5 Å². The summed E-state index contributed by atoms with van der Waals surface area (Å²) in [6.45, 7) is 6.13. The minimum absolute atomic E-state index is 0.919. The van der Waals surface area contributed by atoms with Crippen LogP contribution in [0.4, 0.5) is 0 Å². The van der Waals surface area contributed by atoms with E-state index in [0.717, 1.165) is 19.0 Å². The van der Waals surface area contributed by atoms with Gasteiger partial charge >= 0.3 is 0 Å². The maximum Gasteiger partial charge on any atom is 0.109 e. The summed E-state index contributed by atoms with van der Waals surface area (Å²) in [5, 5.41) is 1.26. The van der Waals surface area contributed by atoms with E-state index in [0.29, 0.717) is 0 Å². The summed E-state index contributed by atoms with van der Waals surface area (Å²) < 4.78 is 11.7. The second-order valence-electron chi connectivity index (χ2n) is 3.16. The Labute approximate surface area is 62.9 Å². The van der Waals surface area contributed by atoms with Crippen LogP contribution in [0, 0.1) is 0 Å². The molecule has 0 aromatic rings. The van der Waals surface area contributed by atoms with Gasteiger partial charge in [0, 0.05) is 6.16 Å². The van der Waals surface area contributed by atoms with Crippen molar-refractivity contribution in [2.24, 2.45) is 0 Å². The lowest BCUT2D eigenvalue weighted by Crippen LogP contribution is -1.80. The van der Waals surface area contributed by atoms with E-state index < -0.39 is 7.14 Å². The van der Waals surface area contributed by atoms with Crippen molar-refractivity contribution in [2.75, 3.05) is 12.8 Å². The highest BCUT2D eigenvalue weighted by Crippen LogP contribution is 2.58. The topological polar surface area (TPSA) is 17.1 Å². The van der Waals surface area contributed by atoms with Crippen LogP contribution in [0.1, 0.15) is 26.7 Å². The van der Waals surface area contributed by atoms with E-state index in [1.54, 1.807) is 0 Å². The van der Waals surface area contributed by atoms with Crippen LogP contribution < -0.4 is 0 Å². The number of hydrogen-bond acceptors (Lipinski definition) is 1. The third kappa shape index (κ3) is 1.20. The molecule has 0 fully saturated rings. The Morgan fingerprint density at radius 3 is 2.40 bits per heavy atom. The molecule has 1 atom stereocenters. The zero-order chi connectivity index (χ0) is 7.78. The molecule has 0 radical (unpaired) electrons. The van der Waals surface area contributed by atoms with Gasteiger partial charge in [0.15, 0.2) is 0 Å². The summed E-state index contributed by atoms with van der Waals surface area (Å²) in [5.74, 6) is 0. The molecule has 0 saturated carbocycles. The monoisotopic (exact) mass is 158 g/mol. The largest absolute Gasteiger partial charge is 0.319 e. The molecule has 0 spiro atoms. The average Bonchev–Trinajstić information content (AvgIpc) is 2.07. The van der Waals surface area contributed by atoms with Crippen molar-refractivity contribution >= 4 is 7.14 Å². The first-order valence-corrected chi connectivity index (χ1v) is 6.17. The van der Waals surface area contributed by atoms with Gasteiger partial charge in [-0.05, 0) is 31.7 Å². The van der Waals surface area contributed by atoms with E-state index in [4.69, 9.17) is 0 Å². The molecule has 0 aromatic heterocycles. The molecule has 1 aliphatic rings. The Hall–Kier alpha value is -0.0300. The van der Waals surface area contributed by atoms with Crippen molar-refractivity contribution in [2.45, 2.75) is 26.7 Å². The summed E-state index contributed by atoms with van der Waals surface area (Å²) in [5.41, 5.74) is 1.38. The van der Waals surface area contributed by atoms with Gasteiger partial charge < -0.3 is 4.57 Å². The Morgan fingerprint density at radius 2 is 2.20 bits per heavy atom. The molecule has 1 unspecified atom stereocenters. The van der Waals surface area contributed by atoms with E-state index >= 15 is 0 Å². The second kappa shape index (κ2) is 2.54. The molecule has 1 nitrogen and oxygen atoms in total. The summed E-state index contributed by atoms with van der Waals surface area (Å²) in [6.07, 6.45) is 2.97. The zero-order valence-corrected chi connectivity index (χ0v) is 7.87. The zero-order valence-electron chi connectivity index (χ0n) is 6.98. The van der Waals surface area contributed by atoms with Crippen molar-refractivity contribution < 1.29 is 4.57 Å². The van der Waals surface area contributed by atoms with Crippen molar-refractivity contribution in [1.82, 2.24) is 0 Å². The fourth-order valence-corrected chi connectivity index (χ4v) is 4.32. The van der Waals surface area contributed by atoms with Gasteiger partial charge in [-0.3, -0.25) is 0 Å². The van der Waals surface area contributed by atoms with Gasteiger partial charge in [0.25, 0.3) is 0 Å². The second-order valence-corrected chi connectivity index (χ2v) is 6.34. The lowest BCUT2D eigenvalue weighted by Gasteiger charge is -2.07. The molecule has 0 aromatic carbocycles. The maximum atomic E-state index is 11.7. The first-order valence-electron chi connectivity index (χ1n) is 3.83. The molecular weight excluding hydrogens is 143 g/mol. The van der Waals surface area contributed by atoms with Gasteiger partial charge in [-0.25, -0.2) is 0 Å². The highest BCUT2D eigenvalue weighted by atomic mass is 31.2. The molecule has 1 rings (SSSR count). The lowest BCUT2D eigenvalue weighted by molar-refractivity contribution is 0.583. The fraction of sp³-hybridized carbons (Fsp3) is 0.750. The molecule has 1 heterocycles. The number of allylic oxidation sites excluding steroid dienone is 2. The number of rotatable bonds is 1. The molecule has 58 valence electrons. The van der Waals surface area contributed by atoms with Crippen molar-refractivity contribution in [3.05, 3.63) is 10.9 Å².